The number of rotatable bonds is 2. The monoisotopic (exact) mass is 325 g/mol. The Hall–Kier alpha value is -1.77. The molecule has 0 saturated carbocycles. The molecule has 0 amide bonds. The first kappa shape index (κ1) is 14.8. The lowest BCUT2D eigenvalue weighted by Crippen LogP contribution is -2.38. The second-order valence-electron chi connectivity index (χ2n) is 6.48. The number of aromatic hydroxyl groups is 1. The molecule has 118 valence electrons. The number of benzene rings is 2. The lowest BCUT2D eigenvalue weighted by Gasteiger charge is -2.30. The molecule has 4 rings (SSSR count). The standard InChI is InChI=1S/C20H20ClNO/c1-2-8-22-9-7-14-10-17(21)19(23)12-16(14)20-15-6-4-3-5-13(15)11-18(20)22/h2-6,10,12,18,20,23H,1,7-9,11H2/t18-,20+/m0/s1. The quantitative estimate of drug-likeness (QED) is 0.839. The maximum atomic E-state index is 10.1. The number of hydrogen-bond donors (Lipinski definition) is 1. The van der Waals surface area contributed by atoms with Crippen molar-refractivity contribution in [3.05, 3.63) is 76.3 Å². The summed E-state index contributed by atoms with van der Waals surface area (Å²) in [6.07, 6.45) is 4.00. The summed E-state index contributed by atoms with van der Waals surface area (Å²) in [4.78, 5) is 2.52. The Morgan fingerprint density at radius 1 is 1.22 bits per heavy atom. The Bertz CT molecular complexity index is 770. The maximum absolute atomic E-state index is 10.1. The third kappa shape index (κ3) is 2.37. The topological polar surface area (TPSA) is 23.5 Å². The smallest absolute Gasteiger partial charge is 0.134 e. The molecular weight excluding hydrogens is 306 g/mol. The van der Waals surface area contributed by atoms with Crippen molar-refractivity contribution in [2.45, 2.75) is 24.8 Å². The van der Waals surface area contributed by atoms with Gasteiger partial charge < -0.3 is 5.11 Å². The third-order valence-electron chi connectivity index (χ3n) is 5.25. The van der Waals surface area contributed by atoms with E-state index in [4.69, 9.17) is 11.6 Å². The first-order valence-corrected chi connectivity index (χ1v) is 8.51. The predicted molar refractivity (Wildman–Crippen MR) is 94.4 cm³/mol. The molecule has 0 radical (unpaired) electrons. The molecule has 3 heteroatoms. The number of nitrogens with zero attached hydrogens (tertiary/aromatic N) is 1. The number of phenolic OH excluding ortho intramolecular Hbond substituents is 1. The van der Waals surface area contributed by atoms with Crippen LogP contribution in [0.3, 0.4) is 0 Å². The molecule has 0 bridgehead atoms. The molecule has 1 heterocycles. The van der Waals surface area contributed by atoms with Crippen molar-refractivity contribution in [2.24, 2.45) is 0 Å². The summed E-state index contributed by atoms with van der Waals surface area (Å²) in [5.41, 5.74) is 5.29. The Balaban J connectivity index is 1.90. The largest absolute Gasteiger partial charge is 0.506 e. The van der Waals surface area contributed by atoms with E-state index >= 15 is 0 Å². The molecule has 2 aromatic carbocycles. The van der Waals surface area contributed by atoms with Gasteiger partial charge in [0.25, 0.3) is 0 Å². The maximum Gasteiger partial charge on any atom is 0.134 e. The molecule has 1 aliphatic carbocycles. The fourth-order valence-electron chi connectivity index (χ4n) is 4.24. The summed E-state index contributed by atoms with van der Waals surface area (Å²) < 4.78 is 0. The summed E-state index contributed by atoms with van der Waals surface area (Å²) in [7, 11) is 0. The van der Waals surface area contributed by atoms with Crippen molar-refractivity contribution in [3.63, 3.8) is 0 Å². The van der Waals surface area contributed by atoms with Gasteiger partial charge in [-0.1, -0.05) is 41.9 Å². The molecule has 23 heavy (non-hydrogen) atoms. The number of halogens is 1. The van der Waals surface area contributed by atoms with Gasteiger partial charge >= 0.3 is 0 Å². The minimum absolute atomic E-state index is 0.186. The average Bonchev–Trinajstić information content (AvgIpc) is 2.87. The van der Waals surface area contributed by atoms with E-state index in [0.29, 0.717) is 17.0 Å². The minimum atomic E-state index is 0.186. The van der Waals surface area contributed by atoms with E-state index in [1.807, 2.05) is 18.2 Å². The van der Waals surface area contributed by atoms with Crippen LogP contribution in [0.4, 0.5) is 0 Å². The van der Waals surface area contributed by atoms with Crippen molar-refractivity contribution in [1.29, 1.82) is 0 Å². The highest BCUT2D eigenvalue weighted by Crippen LogP contribution is 2.45. The van der Waals surface area contributed by atoms with Crippen molar-refractivity contribution >= 4 is 11.6 Å². The Labute approximate surface area is 142 Å². The summed E-state index contributed by atoms with van der Waals surface area (Å²) in [6, 6.07) is 12.9. The van der Waals surface area contributed by atoms with Crippen LogP contribution in [0.5, 0.6) is 5.75 Å². The summed E-state index contributed by atoms with van der Waals surface area (Å²) in [6.45, 7) is 5.81. The van der Waals surface area contributed by atoms with Crippen LogP contribution in [0, 0.1) is 0 Å². The lowest BCUT2D eigenvalue weighted by molar-refractivity contribution is 0.219. The van der Waals surface area contributed by atoms with Crippen molar-refractivity contribution in [2.75, 3.05) is 13.1 Å². The zero-order chi connectivity index (χ0) is 16.0. The van der Waals surface area contributed by atoms with Crippen molar-refractivity contribution in [1.82, 2.24) is 4.90 Å². The molecule has 0 fully saturated rings. The van der Waals surface area contributed by atoms with E-state index < -0.39 is 0 Å². The highest BCUT2D eigenvalue weighted by atomic mass is 35.5. The molecule has 1 aliphatic heterocycles. The fourth-order valence-corrected chi connectivity index (χ4v) is 4.42. The molecule has 0 unspecified atom stereocenters. The predicted octanol–water partition coefficient (Wildman–Crippen LogP) is 4.15. The fraction of sp³-hybridized carbons (Fsp3) is 0.300. The van der Waals surface area contributed by atoms with Gasteiger partial charge in [-0.05, 0) is 47.2 Å². The molecule has 0 spiro atoms. The van der Waals surface area contributed by atoms with E-state index in [9.17, 15) is 5.11 Å². The summed E-state index contributed by atoms with van der Waals surface area (Å²) >= 11 is 6.16. The van der Waals surface area contributed by atoms with E-state index in [2.05, 4.69) is 35.7 Å². The first-order valence-electron chi connectivity index (χ1n) is 8.13. The summed E-state index contributed by atoms with van der Waals surface area (Å²) in [5.74, 6) is 0.484. The van der Waals surface area contributed by atoms with Gasteiger partial charge in [0.15, 0.2) is 0 Å². The lowest BCUT2D eigenvalue weighted by atomic mass is 9.87. The Morgan fingerprint density at radius 3 is 2.87 bits per heavy atom. The van der Waals surface area contributed by atoms with Crippen LogP contribution in [0.25, 0.3) is 0 Å². The van der Waals surface area contributed by atoms with E-state index in [-0.39, 0.29) is 5.75 Å². The van der Waals surface area contributed by atoms with Gasteiger partial charge in [-0.25, -0.2) is 0 Å². The minimum Gasteiger partial charge on any atom is -0.506 e. The molecule has 2 aromatic rings. The van der Waals surface area contributed by atoms with Gasteiger partial charge in [0.2, 0.25) is 0 Å². The van der Waals surface area contributed by atoms with Gasteiger partial charge in [0.1, 0.15) is 5.75 Å². The van der Waals surface area contributed by atoms with Crippen LogP contribution >= 0.6 is 11.6 Å². The number of hydrogen-bond acceptors (Lipinski definition) is 2. The molecule has 0 aromatic heterocycles. The number of fused-ring (bicyclic) bond motifs is 5. The second-order valence-corrected chi connectivity index (χ2v) is 6.89. The molecule has 0 saturated heterocycles. The van der Waals surface area contributed by atoms with Gasteiger partial charge in [0, 0.05) is 25.0 Å². The molecule has 2 nitrogen and oxygen atoms in total. The first-order chi connectivity index (χ1) is 11.2. The second kappa shape index (κ2) is 5.70. The molecule has 2 aliphatic rings. The van der Waals surface area contributed by atoms with Crippen LogP contribution < -0.4 is 0 Å². The Morgan fingerprint density at radius 2 is 2.04 bits per heavy atom. The zero-order valence-corrected chi connectivity index (χ0v) is 13.8. The van der Waals surface area contributed by atoms with E-state index in [1.54, 1.807) is 0 Å². The number of phenols is 1. The van der Waals surface area contributed by atoms with Crippen LogP contribution in [-0.2, 0) is 12.8 Å². The van der Waals surface area contributed by atoms with Gasteiger partial charge in [-0.15, -0.1) is 6.58 Å². The van der Waals surface area contributed by atoms with Crippen molar-refractivity contribution < 1.29 is 5.11 Å². The van der Waals surface area contributed by atoms with Gasteiger partial charge in [-0.3, -0.25) is 4.90 Å². The molecule has 2 atom stereocenters. The highest BCUT2D eigenvalue weighted by molar-refractivity contribution is 6.32. The zero-order valence-electron chi connectivity index (χ0n) is 13.0. The van der Waals surface area contributed by atoms with Crippen LogP contribution in [0.15, 0.2) is 49.1 Å². The van der Waals surface area contributed by atoms with Gasteiger partial charge in [0.05, 0.1) is 5.02 Å². The molecular formula is C20H20ClNO. The van der Waals surface area contributed by atoms with Crippen LogP contribution in [0.1, 0.15) is 28.2 Å². The van der Waals surface area contributed by atoms with Crippen molar-refractivity contribution in [3.8, 4) is 5.75 Å². The third-order valence-corrected chi connectivity index (χ3v) is 5.55. The Kier molecular flexibility index (Phi) is 3.67. The molecule has 1 N–H and O–H groups in total. The normalized spacial score (nSPS) is 22.8. The highest BCUT2D eigenvalue weighted by Gasteiger charge is 2.39. The van der Waals surface area contributed by atoms with Gasteiger partial charge in [-0.2, -0.15) is 0 Å². The average molecular weight is 326 g/mol. The van der Waals surface area contributed by atoms with E-state index in [1.165, 1.54) is 22.3 Å². The van der Waals surface area contributed by atoms with Crippen LogP contribution in [0.2, 0.25) is 5.02 Å². The SMILES string of the molecule is C=CCN1CCc2cc(Cl)c(O)cc2[C@H]2c3ccccc3C[C@@H]21. The van der Waals surface area contributed by atoms with E-state index in [0.717, 1.165) is 25.9 Å². The van der Waals surface area contributed by atoms with Crippen LogP contribution in [-0.4, -0.2) is 29.1 Å². The summed E-state index contributed by atoms with van der Waals surface area (Å²) in [5, 5.41) is 10.6.